The third-order valence-electron chi connectivity index (χ3n) is 6.00. The minimum Gasteiger partial charge on any atom is -0.373 e. The van der Waals surface area contributed by atoms with E-state index in [4.69, 9.17) is 4.74 Å². The smallest absolute Gasteiger partial charge is 0.191 e. The van der Waals surface area contributed by atoms with Crippen LogP contribution < -0.4 is 10.6 Å². The molecule has 0 aliphatic carbocycles. The maximum Gasteiger partial charge on any atom is 0.191 e. The third kappa shape index (κ3) is 5.19. The molecule has 3 aromatic rings. The SMILES string of the molecule is CN=C(NCc1ccccc1-n1nc(C)cc1C)NCC1CCCOC1c1ccccc1. The van der Waals surface area contributed by atoms with Gasteiger partial charge in [-0.15, -0.1) is 0 Å². The molecule has 0 bridgehead atoms. The van der Waals surface area contributed by atoms with E-state index in [0.29, 0.717) is 12.5 Å². The Balaban J connectivity index is 1.39. The zero-order valence-corrected chi connectivity index (χ0v) is 19.2. The highest BCUT2D eigenvalue weighted by Gasteiger charge is 2.27. The van der Waals surface area contributed by atoms with Crippen LogP contribution in [0.5, 0.6) is 0 Å². The number of ether oxygens (including phenoxy) is 1. The number of aliphatic imine (C=N–C) groups is 1. The molecule has 32 heavy (non-hydrogen) atoms. The summed E-state index contributed by atoms with van der Waals surface area (Å²) >= 11 is 0. The molecule has 1 aliphatic heterocycles. The van der Waals surface area contributed by atoms with Gasteiger partial charge in [-0.25, -0.2) is 4.68 Å². The van der Waals surface area contributed by atoms with Crippen molar-refractivity contribution in [1.82, 2.24) is 20.4 Å². The van der Waals surface area contributed by atoms with E-state index in [-0.39, 0.29) is 6.10 Å². The van der Waals surface area contributed by atoms with Gasteiger partial charge < -0.3 is 15.4 Å². The maximum atomic E-state index is 6.14. The molecule has 1 saturated heterocycles. The number of nitrogens with zero attached hydrogens (tertiary/aromatic N) is 3. The first-order valence-electron chi connectivity index (χ1n) is 11.4. The fraction of sp³-hybridized carbons (Fsp3) is 0.385. The summed E-state index contributed by atoms with van der Waals surface area (Å²) in [6, 6.07) is 21.0. The fourth-order valence-corrected chi connectivity index (χ4v) is 4.43. The van der Waals surface area contributed by atoms with E-state index in [0.717, 1.165) is 49.0 Å². The van der Waals surface area contributed by atoms with Crippen molar-refractivity contribution < 1.29 is 4.74 Å². The Morgan fingerprint density at radius 1 is 1.09 bits per heavy atom. The topological polar surface area (TPSA) is 63.5 Å². The third-order valence-corrected chi connectivity index (χ3v) is 6.00. The summed E-state index contributed by atoms with van der Waals surface area (Å²) in [5, 5.41) is 11.6. The molecule has 1 fully saturated rings. The molecule has 2 atom stereocenters. The highest BCUT2D eigenvalue weighted by Crippen LogP contribution is 2.33. The summed E-state index contributed by atoms with van der Waals surface area (Å²) < 4.78 is 8.15. The van der Waals surface area contributed by atoms with Crippen LogP contribution in [0.15, 0.2) is 65.7 Å². The molecule has 2 heterocycles. The average Bonchev–Trinajstić information content (AvgIpc) is 3.17. The molecule has 2 unspecified atom stereocenters. The lowest BCUT2D eigenvalue weighted by Gasteiger charge is -2.32. The van der Waals surface area contributed by atoms with E-state index < -0.39 is 0 Å². The molecule has 2 N–H and O–H groups in total. The summed E-state index contributed by atoms with van der Waals surface area (Å²) in [6.07, 6.45) is 2.37. The van der Waals surface area contributed by atoms with Gasteiger partial charge in [-0.2, -0.15) is 5.10 Å². The minimum absolute atomic E-state index is 0.127. The number of guanidine groups is 1. The Morgan fingerprint density at radius 2 is 1.88 bits per heavy atom. The number of para-hydroxylation sites is 1. The molecule has 1 aliphatic rings. The second kappa shape index (κ2) is 10.5. The van der Waals surface area contributed by atoms with Gasteiger partial charge in [0.2, 0.25) is 0 Å². The van der Waals surface area contributed by atoms with Crippen LogP contribution in [-0.2, 0) is 11.3 Å². The second-order valence-corrected chi connectivity index (χ2v) is 8.38. The highest BCUT2D eigenvalue weighted by molar-refractivity contribution is 5.79. The van der Waals surface area contributed by atoms with Crippen LogP contribution in [0.4, 0.5) is 0 Å². The average molecular weight is 432 g/mol. The summed E-state index contributed by atoms with van der Waals surface area (Å²) in [4.78, 5) is 4.44. The van der Waals surface area contributed by atoms with E-state index in [1.54, 1.807) is 0 Å². The molecule has 4 rings (SSSR count). The zero-order chi connectivity index (χ0) is 22.3. The highest BCUT2D eigenvalue weighted by atomic mass is 16.5. The van der Waals surface area contributed by atoms with Crippen molar-refractivity contribution in [3.8, 4) is 5.69 Å². The van der Waals surface area contributed by atoms with E-state index >= 15 is 0 Å². The molecular formula is C26H33N5O. The van der Waals surface area contributed by atoms with E-state index in [2.05, 4.69) is 88.3 Å². The number of benzene rings is 2. The first-order chi connectivity index (χ1) is 15.7. The number of hydrogen-bond acceptors (Lipinski definition) is 3. The molecule has 0 saturated carbocycles. The normalized spacial score (nSPS) is 19.0. The molecule has 0 spiro atoms. The largest absolute Gasteiger partial charge is 0.373 e. The second-order valence-electron chi connectivity index (χ2n) is 8.38. The molecular weight excluding hydrogens is 398 g/mol. The predicted octanol–water partition coefficient (Wildman–Crippen LogP) is 4.32. The van der Waals surface area contributed by atoms with Crippen LogP contribution in [0, 0.1) is 19.8 Å². The van der Waals surface area contributed by atoms with Gasteiger partial charge in [0, 0.05) is 38.4 Å². The van der Waals surface area contributed by atoms with Crippen LogP contribution in [-0.4, -0.2) is 35.9 Å². The molecule has 0 amide bonds. The fourth-order valence-electron chi connectivity index (χ4n) is 4.43. The van der Waals surface area contributed by atoms with Gasteiger partial charge >= 0.3 is 0 Å². The lowest BCUT2D eigenvalue weighted by Crippen LogP contribution is -2.41. The predicted molar refractivity (Wildman–Crippen MR) is 129 cm³/mol. The molecule has 2 aromatic carbocycles. The van der Waals surface area contributed by atoms with Crippen LogP contribution in [0.2, 0.25) is 0 Å². The van der Waals surface area contributed by atoms with Crippen molar-refractivity contribution in [1.29, 1.82) is 0 Å². The standard InChI is InChI=1S/C26H33N5O/c1-19-16-20(2)31(30-19)24-14-8-7-12-22(24)17-28-26(27-3)29-18-23-13-9-15-32-25(23)21-10-5-4-6-11-21/h4-8,10-12,14,16,23,25H,9,13,15,17-18H2,1-3H3,(H2,27,28,29). The van der Waals surface area contributed by atoms with Crippen molar-refractivity contribution in [2.45, 2.75) is 39.3 Å². The van der Waals surface area contributed by atoms with Crippen LogP contribution in [0.3, 0.4) is 0 Å². The van der Waals surface area contributed by atoms with E-state index in [1.807, 2.05) is 18.7 Å². The van der Waals surface area contributed by atoms with Gasteiger partial charge in [0.05, 0.1) is 17.5 Å². The quantitative estimate of drug-likeness (QED) is 0.451. The van der Waals surface area contributed by atoms with Crippen molar-refractivity contribution in [2.75, 3.05) is 20.2 Å². The van der Waals surface area contributed by atoms with Gasteiger partial charge in [0.25, 0.3) is 0 Å². The maximum absolute atomic E-state index is 6.14. The summed E-state index contributed by atoms with van der Waals surface area (Å²) in [5.74, 6) is 1.21. The Kier molecular flexibility index (Phi) is 7.22. The minimum atomic E-state index is 0.127. The summed E-state index contributed by atoms with van der Waals surface area (Å²) in [5.41, 5.74) is 5.66. The van der Waals surface area contributed by atoms with Crippen molar-refractivity contribution >= 4 is 5.96 Å². The van der Waals surface area contributed by atoms with E-state index in [9.17, 15) is 0 Å². The van der Waals surface area contributed by atoms with Gasteiger partial charge in [0.15, 0.2) is 5.96 Å². The summed E-state index contributed by atoms with van der Waals surface area (Å²) in [6.45, 7) is 6.41. The number of rotatable bonds is 6. The lowest BCUT2D eigenvalue weighted by molar-refractivity contribution is -0.0265. The van der Waals surface area contributed by atoms with Crippen molar-refractivity contribution in [3.63, 3.8) is 0 Å². The summed E-state index contributed by atoms with van der Waals surface area (Å²) in [7, 11) is 1.81. The monoisotopic (exact) mass is 431 g/mol. The molecule has 168 valence electrons. The van der Waals surface area contributed by atoms with Crippen molar-refractivity contribution in [3.05, 3.63) is 83.2 Å². The molecule has 6 heteroatoms. The van der Waals surface area contributed by atoms with Crippen LogP contribution in [0.1, 0.15) is 41.5 Å². The van der Waals surface area contributed by atoms with Crippen LogP contribution in [0.25, 0.3) is 5.69 Å². The molecule has 1 aromatic heterocycles. The van der Waals surface area contributed by atoms with Crippen LogP contribution >= 0.6 is 0 Å². The van der Waals surface area contributed by atoms with Crippen molar-refractivity contribution in [2.24, 2.45) is 10.9 Å². The molecule has 6 nitrogen and oxygen atoms in total. The van der Waals surface area contributed by atoms with Gasteiger partial charge in [-0.05, 0) is 49.9 Å². The lowest BCUT2D eigenvalue weighted by atomic mass is 9.89. The Labute approximate surface area is 190 Å². The van der Waals surface area contributed by atoms with E-state index in [1.165, 1.54) is 11.1 Å². The zero-order valence-electron chi connectivity index (χ0n) is 19.2. The van der Waals surface area contributed by atoms with Gasteiger partial charge in [-0.3, -0.25) is 4.99 Å². The Bertz CT molecular complexity index is 1040. The number of nitrogens with one attached hydrogen (secondary N) is 2. The molecule has 0 radical (unpaired) electrons. The Hall–Kier alpha value is -3.12. The number of hydrogen-bond donors (Lipinski definition) is 2. The Morgan fingerprint density at radius 3 is 2.62 bits per heavy atom. The number of aromatic nitrogens is 2. The van der Waals surface area contributed by atoms with Gasteiger partial charge in [0.1, 0.15) is 0 Å². The first kappa shape index (κ1) is 22.1. The first-order valence-corrected chi connectivity index (χ1v) is 11.4. The number of aryl methyl sites for hydroxylation is 2. The van der Waals surface area contributed by atoms with Gasteiger partial charge in [-0.1, -0.05) is 48.5 Å².